The summed E-state index contributed by atoms with van der Waals surface area (Å²) in [5, 5.41) is 6.16. The van der Waals surface area contributed by atoms with Crippen LogP contribution in [0.1, 0.15) is 93.1 Å². The number of rotatable bonds is 12. The molecule has 9 heteroatoms. The highest BCUT2D eigenvalue weighted by Gasteiger charge is 2.40. The number of hydrogen-bond acceptors (Lipinski definition) is 5. The second kappa shape index (κ2) is 16.6. The van der Waals surface area contributed by atoms with Crippen LogP contribution >= 0.6 is 0 Å². The van der Waals surface area contributed by atoms with E-state index in [9.17, 15) is 19.2 Å². The van der Waals surface area contributed by atoms with Crippen LogP contribution in [0.5, 0.6) is 0 Å². The lowest BCUT2D eigenvalue weighted by molar-refractivity contribution is -0.142. The van der Waals surface area contributed by atoms with E-state index in [1.807, 2.05) is 71.0 Å². The summed E-state index contributed by atoms with van der Waals surface area (Å²) in [6.45, 7) is 17.9. The molecule has 1 aromatic rings. The normalized spacial score (nSPS) is 20.8. The van der Waals surface area contributed by atoms with E-state index in [0.29, 0.717) is 25.1 Å². The summed E-state index contributed by atoms with van der Waals surface area (Å²) in [6.07, 6.45) is 6.84. The van der Waals surface area contributed by atoms with Crippen molar-refractivity contribution in [3.8, 4) is 0 Å². The van der Waals surface area contributed by atoms with Crippen LogP contribution in [-0.2, 0) is 25.6 Å². The predicted molar refractivity (Wildman–Crippen MR) is 184 cm³/mol. The Bertz CT molecular complexity index is 1220. The molecule has 2 aliphatic heterocycles. The first-order valence-corrected chi connectivity index (χ1v) is 17.3. The third kappa shape index (κ3) is 9.66. The van der Waals surface area contributed by atoms with Crippen molar-refractivity contribution in [2.24, 2.45) is 11.3 Å². The first-order chi connectivity index (χ1) is 21.6. The maximum atomic E-state index is 14.1. The largest absolute Gasteiger partial charge is 0.354 e. The fourth-order valence-electron chi connectivity index (χ4n) is 6.77. The molecular formula is C37H59N5O4. The Balaban J connectivity index is 1.72. The van der Waals surface area contributed by atoms with Crippen molar-refractivity contribution in [2.45, 2.75) is 124 Å². The zero-order valence-corrected chi connectivity index (χ0v) is 29.8. The van der Waals surface area contributed by atoms with E-state index in [0.717, 1.165) is 44.2 Å². The molecule has 0 aromatic heterocycles. The van der Waals surface area contributed by atoms with Gasteiger partial charge in [-0.05, 0) is 76.3 Å². The number of amides is 4. The fourth-order valence-corrected chi connectivity index (χ4v) is 6.77. The van der Waals surface area contributed by atoms with Crippen LogP contribution in [0.4, 0.5) is 0 Å². The van der Waals surface area contributed by atoms with E-state index < -0.39 is 17.5 Å². The third-order valence-electron chi connectivity index (χ3n) is 9.52. The number of nitrogens with zero attached hydrogens (tertiary/aromatic N) is 3. The van der Waals surface area contributed by atoms with Gasteiger partial charge in [0.05, 0.1) is 12.1 Å². The highest BCUT2D eigenvalue weighted by Crippen LogP contribution is 2.27. The minimum atomic E-state index is -0.728. The minimum absolute atomic E-state index is 0.0125. The molecule has 0 saturated carbocycles. The van der Waals surface area contributed by atoms with Gasteiger partial charge < -0.3 is 20.4 Å². The molecule has 4 atom stereocenters. The maximum absolute atomic E-state index is 14.1. The number of piperidine rings is 1. The van der Waals surface area contributed by atoms with Gasteiger partial charge in [0.1, 0.15) is 12.1 Å². The molecule has 4 unspecified atom stereocenters. The van der Waals surface area contributed by atoms with Gasteiger partial charge in [0.25, 0.3) is 0 Å². The van der Waals surface area contributed by atoms with Crippen LogP contribution in [0.3, 0.4) is 0 Å². The van der Waals surface area contributed by atoms with E-state index in [4.69, 9.17) is 0 Å². The minimum Gasteiger partial charge on any atom is -0.354 e. The Morgan fingerprint density at radius 3 is 2.20 bits per heavy atom. The van der Waals surface area contributed by atoms with E-state index in [2.05, 4.69) is 29.4 Å². The summed E-state index contributed by atoms with van der Waals surface area (Å²) in [7, 11) is 1.76. The summed E-state index contributed by atoms with van der Waals surface area (Å²) in [5.74, 6) is -0.572. The van der Waals surface area contributed by atoms with Gasteiger partial charge in [0.15, 0.2) is 0 Å². The van der Waals surface area contributed by atoms with E-state index >= 15 is 0 Å². The van der Waals surface area contributed by atoms with Crippen LogP contribution in [0, 0.1) is 11.3 Å². The molecule has 9 nitrogen and oxygen atoms in total. The molecule has 4 amide bonds. The molecule has 0 aliphatic carbocycles. The molecule has 3 rings (SSSR count). The van der Waals surface area contributed by atoms with E-state index in [1.54, 1.807) is 23.8 Å². The van der Waals surface area contributed by atoms with E-state index in [-0.39, 0.29) is 47.7 Å². The van der Waals surface area contributed by atoms with E-state index in [1.165, 1.54) is 0 Å². The molecule has 2 saturated heterocycles. The molecule has 2 fully saturated rings. The van der Waals surface area contributed by atoms with Crippen molar-refractivity contribution in [1.29, 1.82) is 0 Å². The first kappa shape index (κ1) is 37.3. The van der Waals surface area contributed by atoms with Crippen molar-refractivity contribution < 1.29 is 19.2 Å². The predicted octanol–water partition coefficient (Wildman–Crippen LogP) is 4.56. The Labute approximate surface area is 277 Å². The number of likely N-dealkylation sites (tertiary alicyclic amines) is 2. The topological polar surface area (TPSA) is 102 Å². The van der Waals surface area contributed by atoms with Gasteiger partial charge in [-0.25, -0.2) is 0 Å². The second-order valence-corrected chi connectivity index (χ2v) is 14.9. The van der Waals surface area contributed by atoms with Crippen LogP contribution < -0.4 is 10.6 Å². The SMILES string of the molecule is C/C(=C\C(C(C)C)N(C)C(=O)C(NC(=O)C1CCCCN1C(C)C)C(C)(C)C)C(=O)N1CCCC1C(=O)NCCc1ccccc1. The molecular weight excluding hydrogens is 578 g/mol. The molecule has 46 heavy (non-hydrogen) atoms. The highest BCUT2D eigenvalue weighted by atomic mass is 16.2. The molecule has 2 N–H and O–H groups in total. The summed E-state index contributed by atoms with van der Waals surface area (Å²) in [4.78, 5) is 60.2. The van der Waals surface area contributed by atoms with Crippen molar-refractivity contribution in [3.63, 3.8) is 0 Å². The molecule has 1 aromatic carbocycles. The van der Waals surface area contributed by atoms with Gasteiger partial charge in [0.2, 0.25) is 23.6 Å². The molecule has 256 valence electrons. The lowest BCUT2D eigenvalue weighted by atomic mass is 9.84. The zero-order chi connectivity index (χ0) is 34.2. The fraction of sp³-hybridized carbons (Fsp3) is 0.676. The van der Waals surface area contributed by atoms with Gasteiger partial charge in [-0.1, -0.05) is 77.4 Å². The van der Waals surface area contributed by atoms with Crippen LogP contribution in [-0.4, -0.2) is 95.2 Å². The average molecular weight is 638 g/mol. The van der Waals surface area contributed by atoms with Crippen LogP contribution in [0.25, 0.3) is 0 Å². The monoisotopic (exact) mass is 637 g/mol. The molecule has 0 radical (unpaired) electrons. The molecule has 2 heterocycles. The van der Waals surface area contributed by atoms with Gasteiger partial charge in [-0.15, -0.1) is 0 Å². The summed E-state index contributed by atoms with van der Waals surface area (Å²) >= 11 is 0. The summed E-state index contributed by atoms with van der Waals surface area (Å²) < 4.78 is 0. The van der Waals surface area contributed by atoms with Crippen molar-refractivity contribution in [3.05, 3.63) is 47.5 Å². The zero-order valence-electron chi connectivity index (χ0n) is 29.8. The van der Waals surface area contributed by atoms with Crippen molar-refractivity contribution >= 4 is 23.6 Å². The lowest BCUT2D eigenvalue weighted by Crippen LogP contribution is -2.60. The Kier molecular flexibility index (Phi) is 13.4. The van der Waals surface area contributed by atoms with Gasteiger partial charge in [-0.3, -0.25) is 24.1 Å². The average Bonchev–Trinajstić information content (AvgIpc) is 3.51. The number of benzene rings is 1. The standard InChI is InChI=1S/C37H59N5O4/c1-25(2)31(40(9)36(46)32(37(6,7)8)39-34(44)30-18-13-14-22-41(30)26(3)4)24-27(5)35(45)42-23-15-19-29(42)33(43)38-21-20-28-16-11-10-12-17-28/h10-12,16-17,24-26,29-32H,13-15,18-23H2,1-9H3,(H,38,43)(H,39,44)/b27-24+. The van der Waals surface area contributed by atoms with Gasteiger partial charge in [0, 0.05) is 31.8 Å². The van der Waals surface area contributed by atoms with Gasteiger partial charge in [-0.2, -0.15) is 0 Å². The Morgan fingerprint density at radius 1 is 0.935 bits per heavy atom. The maximum Gasteiger partial charge on any atom is 0.249 e. The molecule has 2 aliphatic rings. The van der Waals surface area contributed by atoms with Crippen molar-refractivity contribution in [2.75, 3.05) is 26.7 Å². The van der Waals surface area contributed by atoms with Crippen LogP contribution in [0.2, 0.25) is 0 Å². The number of carbonyl (C=O) groups excluding carboxylic acids is 4. The number of carbonyl (C=O) groups is 4. The summed E-state index contributed by atoms with van der Waals surface area (Å²) in [6, 6.07) is 8.39. The molecule has 0 bridgehead atoms. The number of likely N-dealkylation sites (N-methyl/N-ethyl adjacent to an activating group) is 1. The summed E-state index contributed by atoms with van der Waals surface area (Å²) in [5.41, 5.74) is 1.14. The first-order valence-electron chi connectivity index (χ1n) is 17.3. The smallest absolute Gasteiger partial charge is 0.249 e. The quantitative estimate of drug-likeness (QED) is 0.328. The van der Waals surface area contributed by atoms with Crippen molar-refractivity contribution in [1.82, 2.24) is 25.3 Å². The lowest BCUT2D eigenvalue weighted by Gasteiger charge is -2.41. The Morgan fingerprint density at radius 2 is 1.59 bits per heavy atom. The number of hydrogen-bond donors (Lipinski definition) is 2. The highest BCUT2D eigenvalue weighted by molar-refractivity contribution is 5.97. The Hall–Kier alpha value is -3.20. The second-order valence-electron chi connectivity index (χ2n) is 14.9. The van der Waals surface area contributed by atoms with Gasteiger partial charge >= 0.3 is 0 Å². The van der Waals surface area contributed by atoms with Crippen LogP contribution in [0.15, 0.2) is 42.0 Å². The third-order valence-corrected chi connectivity index (χ3v) is 9.52. The molecule has 0 spiro atoms. The number of nitrogens with one attached hydrogen (secondary N) is 2.